The first kappa shape index (κ1) is 20.8. The standard InChI is InChI=1S/C21H24N4O3S2/c1-16(17-6-8-19(9-7-17)24-12-10-22-15-24)23-21(26)18-4-2-11-25(14-18)30(27,28)20-5-3-13-29-20/h3,5-10,12-13,15-16,18H,2,4,11,14H2,1H3,(H,23,26). The molecule has 3 aromatic rings. The van der Waals surface area contributed by atoms with Crippen LogP contribution in [-0.2, 0) is 14.8 Å². The summed E-state index contributed by atoms with van der Waals surface area (Å²) in [5, 5.41) is 4.80. The van der Waals surface area contributed by atoms with Gasteiger partial charge in [-0.1, -0.05) is 18.2 Å². The summed E-state index contributed by atoms with van der Waals surface area (Å²) in [6, 6.07) is 11.1. The van der Waals surface area contributed by atoms with Crippen molar-refractivity contribution in [2.75, 3.05) is 13.1 Å². The Morgan fingerprint density at radius 1 is 1.27 bits per heavy atom. The number of amides is 1. The zero-order valence-corrected chi connectivity index (χ0v) is 18.3. The lowest BCUT2D eigenvalue weighted by Crippen LogP contribution is -2.45. The SMILES string of the molecule is CC(NC(=O)C1CCCN(S(=O)(=O)c2cccs2)C1)c1ccc(-n2ccnc2)cc1. The van der Waals surface area contributed by atoms with Crippen LogP contribution in [0.2, 0.25) is 0 Å². The second-order valence-corrected chi connectivity index (χ2v) is 10.5. The molecule has 0 radical (unpaired) electrons. The first-order valence-corrected chi connectivity index (χ1v) is 12.2. The molecule has 1 aromatic carbocycles. The largest absolute Gasteiger partial charge is 0.349 e. The molecule has 0 spiro atoms. The first-order valence-electron chi connectivity index (χ1n) is 9.87. The maximum absolute atomic E-state index is 12.9. The lowest BCUT2D eigenvalue weighted by atomic mass is 9.98. The first-order chi connectivity index (χ1) is 14.4. The van der Waals surface area contributed by atoms with Gasteiger partial charge in [0.15, 0.2) is 0 Å². The van der Waals surface area contributed by atoms with Crippen molar-refractivity contribution in [3.8, 4) is 5.69 Å². The molecule has 1 fully saturated rings. The highest BCUT2D eigenvalue weighted by Crippen LogP contribution is 2.27. The molecule has 30 heavy (non-hydrogen) atoms. The van der Waals surface area contributed by atoms with E-state index in [0.717, 1.165) is 11.3 Å². The average Bonchev–Trinajstić information content (AvgIpc) is 3.48. The van der Waals surface area contributed by atoms with E-state index in [1.807, 2.05) is 42.0 Å². The van der Waals surface area contributed by atoms with Crippen molar-refractivity contribution in [3.05, 3.63) is 66.1 Å². The van der Waals surface area contributed by atoms with Gasteiger partial charge in [0.05, 0.1) is 18.3 Å². The van der Waals surface area contributed by atoms with E-state index in [4.69, 9.17) is 0 Å². The number of nitrogens with zero attached hydrogens (tertiary/aromatic N) is 3. The number of aromatic nitrogens is 2. The van der Waals surface area contributed by atoms with Gasteiger partial charge in [0, 0.05) is 31.2 Å². The second kappa shape index (κ2) is 8.71. The van der Waals surface area contributed by atoms with Gasteiger partial charge < -0.3 is 9.88 Å². The van der Waals surface area contributed by atoms with E-state index >= 15 is 0 Å². The smallest absolute Gasteiger partial charge is 0.252 e. The summed E-state index contributed by atoms with van der Waals surface area (Å²) < 4.78 is 29.3. The number of benzene rings is 1. The molecule has 1 saturated heterocycles. The Bertz CT molecular complexity index is 1080. The molecule has 1 N–H and O–H groups in total. The number of piperidine rings is 1. The Hall–Kier alpha value is -2.49. The molecule has 1 amide bonds. The molecule has 0 saturated carbocycles. The van der Waals surface area contributed by atoms with E-state index in [2.05, 4.69) is 10.3 Å². The fourth-order valence-electron chi connectivity index (χ4n) is 3.67. The number of thiophene rings is 1. The van der Waals surface area contributed by atoms with E-state index < -0.39 is 10.0 Å². The van der Waals surface area contributed by atoms with Crippen molar-refractivity contribution < 1.29 is 13.2 Å². The lowest BCUT2D eigenvalue weighted by Gasteiger charge is -2.31. The molecule has 7 nitrogen and oxygen atoms in total. The number of nitrogens with one attached hydrogen (secondary N) is 1. The van der Waals surface area contributed by atoms with E-state index in [1.54, 1.807) is 30.0 Å². The molecule has 3 heterocycles. The number of imidazole rings is 1. The highest BCUT2D eigenvalue weighted by Gasteiger charge is 2.34. The minimum absolute atomic E-state index is 0.104. The molecule has 1 aliphatic rings. The minimum atomic E-state index is -3.53. The average molecular weight is 445 g/mol. The molecule has 0 aliphatic carbocycles. The molecule has 0 bridgehead atoms. The van der Waals surface area contributed by atoms with Crippen molar-refractivity contribution in [3.63, 3.8) is 0 Å². The fraction of sp³-hybridized carbons (Fsp3) is 0.333. The fourth-order valence-corrected chi connectivity index (χ4v) is 6.34. The third kappa shape index (κ3) is 4.33. The molecule has 2 atom stereocenters. The van der Waals surface area contributed by atoms with E-state index in [0.29, 0.717) is 23.6 Å². The van der Waals surface area contributed by atoms with Gasteiger partial charge in [0.25, 0.3) is 10.0 Å². The zero-order valence-electron chi connectivity index (χ0n) is 16.6. The number of carbonyl (C=O) groups excluding carboxylic acids is 1. The van der Waals surface area contributed by atoms with Crippen molar-refractivity contribution >= 4 is 27.3 Å². The summed E-state index contributed by atoms with van der Waals surface area (Å²) in [6.45, 7) is 2.61. The molecular formula is C21H24N4O3S2. The number of rotatable bonds is 6. The molecule has 2 aromatic heterocycles. The number of hydrogen-bond donors (Lipinski definition) is 1. The van der Waals surface area contributed by atoms with Crippen molar-refractivity contribution in [1.29, 1.82) is 0 Å². The highest BCUT2D eigenvalue weighted by molar-refractivity contribution is 7.91. The lowest BCUT2D eigenvalue weighted by molar-refractivity contribution is -0.126. The van der Waals surface area contributed by atoms with Crippen LogP contribution in [-0.4, -0.2) is 41.3 Å². The zero-order chi connectivity index (χ0) is 21.1. The number of hydrogen-bond acceptors (Lipinski definition) is 5. The molecular weight excluding hydrogens is 420 g/mol. The summed E-state index contributed by atoms with van der Waals surface area (Å²) in [7, 11) is -3.53. The molecule has 158 valence electrons. The maximum Gasteiger partial charge on any atom is 0.252 e. The van der Waals surface area contributed by atoms with Crippen molar-refractivity contribution in [1.82, 2.24) is 19.2 Å². The Morgan fingerprint density at radius 3 is 2.73 bits per heavy atom. The Kier molecular flexibility index (Phi) is 6.03. The summed E-state index contributed by atoms with van der Waals surface area (Å²) >= 11 is 1.21. The highest BCUT2D eigenvalue weighted by atomic mass is 32.2. The van der Waals surface area contributed by atoms with Crippen LogP contribution in [0.15, 0.2) is 64.7 Å². The third-order valence-electron chi connectivity index (χ3n) is 5.40. The van der Waals surface area contributed by atoms with Gasteiger partial charge in [-0.2, -0.15) is 4.31 Å². The predicted molar refractivity (Wildman–Crippen MR) is 116 cm³/mol. The van der Waals surface area contributed by atoms with Gasteiger partial charge in [-0.25, -0.2) is 13.4 Å². The van der Waals surface area contributed by atoms with Crippen LogP contribution in [0.3, 0.4) is 0 Å². The van der Waals surface area contributed by atoms with E-state index in [9.17, 15) is 13.2 Å². The monoisotopic (exact) mass is 444 g/mol. The van der Waals surface area contributed by atoms with Gasteiger partial charge in [0.1, 0.15) is 4.21 Å². The van der Waals surface area contributed by atoms with Gasteiger partial charge in [0.2, 0.25) is 5.91 Å². The summed E-state index contributed by atoms with van der Waals surface area (Å²) in [4.78, 5) is 16.9. The second-order valence-electron chi connectivity index (χ2n) is 7.43. The van der Waals surface area contributed by atoms with Crippen molar-refractivity contribution in [2.24, 2.45) is 5.92 Å². The molecule has 1 aliphatic heterocycles. The normalized spacial score (nSPS) is 18.8. The Morgan fingerprint density at radius 2 is 2.07 bits per heavy atom. The summed E-state index contributed by atoms with van der Waals surface area (Å²) in [5.74, 6) is -0.451. The maximum atomic E-state index is 12.9. The van der Waals surface area contributed by atoms with Gasteiger partial charge in [-0.3, -0.25) is 4.79 Å². The van der Waals surface area contributed by atoms with Crippen molar-refractivity contribution in [2.45, 2.75) is 30.0 Å². The summed E-state index contributed by atoms with van der Waals surface area (Å²) in [6.07, 6.45) is 6.70. The van der Waals surface area contributed by atoms with Gasteiger partial charge in [-0.15, -0.1) is 11.3 Å². The summed E-state index contributed by atoms with van der Waals surface area (Å²) in [5.41, 5.74) is 1.99. The topological polar surface area (TPSA) is 84.3 Å². The van der Waals surface area contributed by atoms with Gasteiger partial charge >= 0.3 is 0 Å². The predicted octanol–water partition coefficient (Wildman–Crippen LogP) is 3.21. The van der Waals surface area contributed by atoms with Crippen LogP contribution in [0.1, 0.15) is 31.4 Å². The molecule has 9 heteroatoms. The van der Waals surface area contributed by atoms with Crippen LogP contribution in [0.5, 0.6) is 0 Å². The van der Waals surface area contributed by atoms with Crippen LogP contribution in [0.25, 0.3) is 5.69 Å². The Labute approximate surface area is 180 Å². The minimum Gasteiger partial charge on any atom is -0.349 e. The Balaban J connectivity index is 1.39. The van der Waals surface area contributed by atoms with Crippen LogP contribution in [0.4, 0.5) is 0 Å². The molecule has 4 rings (SSSR count). The molecule has 2 unspecified atom stereocenters. The number of carbonyl (C=O) groups is 1. The third-order valence-corrected chi connectivity index (χ3v) is 8.64. The van der Waals surface area contributed by atoms with Crippen LogP contribution < -0.4 is 5.32 Å². The number of sulfonamides is 1. The van der Waals surface area contributed by atoms with E-state index in [1.165, 1.54) is 15.6 Å². The van der Waals surface area contributed by atoms with Gasteiger partial charge in [-0.05, 0) is 48.9 Å². The van der Waals surface area contributed by atoms with Crippen LogP contribution >= 0.6 is 11.3 Å². The quantitative estimate of drug-likeness (QED) is 0.633. The van der Waals surface area contributed by atoms with Crippen LogP contribution in [0, 0.1) is 5.92 Å². The van der Waals surface area contributed by atoms with E-state index in [-0.39, 0.29) is 24.4 Å².